The maximum Gasteiger partial charge on any atom is 0.408 e. The van der Waals surface area contributed by atoms with Crippen molar-refractivity contribution in [2.75, 3.05) is 29.7 Å². The number of hydrogen-bond donors (Lipinski definition) is 1. The summed E-state index contributed by atoms with van der Waals surface area (Å²) >= 11 is 0. The molecular formula is C34H33F7N6O6S. The van der Waals surface area contributed by atoms with Crippen molar-refractivity contribution in [3.63, 3.8) is 0 Å². The third-order valence-electron chi connectivity index (χ3n) is 8.63. The summed E-state index contributed by atoms with van der Waals surface area (Å²) in [6.07, 6.45) is -9.87. The minimum absolute atomic E-state index is 0.0362. The Kier molecular flexibility index (Phi) is 11.0. The van der Waals surface area contributed by atoms with E-state index >= 15 is 0 Å². The number of aromatic nitrogens is 3. The van der Waals surface area contributed by atoms with E-state index in [-0.39, 0.29) is 53.5 Å². The standard InChI is InChI=1S/C34H33F7N6O6S/c1-20-9-11-22(12-10-20)46-28(18-27(44-46)32(3,33(36,37)38)34(39,40)41)43-31(49)47(53-54(4,50)51)23-17-21(2)29(42-19-23)52-24-13-15-45(16-14-24)30(48)25-7-5-6-8-26(25)35/h5-12,17-19,24H,13-16H2,1-4H3,(H,43,49). The second-order valence-electron chi connectivity index (χ2n) is 12.7. The number of benzene rings is 2. The van der Waals surface area contributed by atoms with Gasteiger partial charge in [0, 0.05) is 37.6 Å². The molecule has 3 heterocycles. The van der Waals surface area contributed by atoms with E-state index in [4.69, 9.17) is 9.02 Å². The number of nitrogens with one attached hydrogen (secondary N) is 1. The van der Waals surface area contributed by atoms with Crippen LogP contribution in [0.25, 0.3) is 5.69 Å². The van der Waals surface area contributed by atoms with Crippen molar-refractivity contribution in [1.29, 1.82) is 0 Å². The number of anilines is 2. The molecule has 0 bridgehead atoms. The van der Waals surface area contributed by atoms with Crippen LogP contribution in [0.5, 0.6) is 5.88 Å². The first kappa shape index (κ1) is 40.0. The lowest BCUT2D eigenvalue weighted by Crippen LogP contribution is -2.51. The van der Waals surface area contributed by atoms with Gasteiger partial charge in [0.25, 0.3) is 16.0 Å². The number of alkyl halides is 6. The SMILES string of the molecule is Cc1ccc(-n2nc(C(C)(C(F)(F)F)C(F)(F)F)cc2NC(=O)N(OS(C)(=O)=O)c2cnc(OC3CCN(C(=O)c4ccccc4F)CC3)c(C)c2)cc1. The molecule has 290 valence electrons. The fraction of sp³-hybridized carbons (Fsp3) is 0.353. The Hall–Kier alpha value is -5.24. The van der Waals surface area contributed by atoms with Gasteiger partial charge < -0.3 is 9.64 Å². The summed E-state index contributed by atoms with van der Waals surface area (Å²) in [5, 5.41) is 5.92. The number of carbonyl (C=O) groups is 2. The Morgan fingerprint density at radius 1 is 0.944 bits per heavy atom. The first-order valence-corrected chi connectivity index (χ1v) is 17.9. The smallest absolute Gasteiger partial charge is 0.408 e. The van der Waals surface area contributed by atoms with Crippen LogP contribution in [0, 0.1) is 19.7 Å². The van der Waals surface area contributed by atoms with E-state index in [1.807, 2.05) is 0 Å². The van der Waals surface area contributed by atoms with Crippen LogP contribution in [-0.4, -0.2) is 77.8 Å². The van der Waals surface area contributed by atoms with Gasteiger partial charge in [-0.15, -0.1) is 4.28 Å². The average Bonchev–Trinajstić information content (AvgIpc) is 3.50. The lowest BCUT2D eigenvalue weighted by atomic mass is 9.85. The predicted octanol–water partition coefficient (Wildman–Crippen LogP) is 7.02. The van der Waals surface area contributed by atoms with Crippen LogP contribution in [0.2, 0.25) is 0 Å². The van der Waals surface area contributed by atoms with Crippen LogP contribution in [0.15, 0.2) is 66.9 Å². The minimum Gasteiger partial charge on any atom is -0.474 e. The van der Waals surface area contributed by atoms with Crippen molar-refractivity contribution in [1.82, 2.24) is 19.7 Å². The Bertz CT molecular complexity index is 2120. The second kappa shape index (κ2) is 14.9. The van der Waals surface area contributed by atoms with Gasteiger partial charge in [-0.25, -0.2) is 18.9 Å². The second-order valence-corrected chi connectivity index (χ2v) is 14.2. The molecule has 0 radical (unpaired) electrons. The van der Waals surface area contributed by atoms with Gasteiger partial charge in [-0.2, -0.15) is 44.9 Å². The third-order valence-corrected chi connectivity index (χ3v) is 9.05. The Balaban J connectivity index is 1.40. The highest BCUT2D eigenvalue weighted by Crippen LogP contribution is 2.51. The zero-order chi connectivity index (χ0) is 39.8. The fourth-order valence-corrected chi connectivity index (χ4v) is 5.88. The molecule has 54 heavy (non-hydrogen) atoms. The van der Waals surface area contributed by atoms with Crippen LogP contribution in [0.4, 0.5) is 47.0 Å². The molecule has 2 aromatic heterocycles. The average molecular weight is 787 g/mol. The summed E-state index contributed by atoms with van der Waals surface area (Å²) in [4.78, 5) is 32.1. The van der Waals surface area contributed by atoms with Crippen molar-refractivity contribution < 1.29 is 57.8 Å². The van der Waals surface area contributed by atoms with E-state index in [2.05, 4.69) is 15.4 Å². The summed E-state index contributed by atoms with van der Waals surface area (Å²) in [6, 6.07) is 11.4. The quantitative estimate of drug-likeness (QED) is 0.141. The van der Waals surface area contributed by atoms with Crippen LogP contribution < -0.4 is 15.1 Å². The molecule has 1 aliphatic rings. The molecule has 0 spiro atoms. The Morgan fingerprint density at radius 3 is 2.11 bits per heavy atom. The van der Waals surface area contributed by atoms with Crippen molar-refractivity contribution >= 4 is 33.6 Å². The maximum atomic E-state index is 14.1. The number of amides is 3. The molecule has 12 nitrogen and oxygen atoms in total. The number of ether oxygens (including phenoxy) is 1. The van der Waals surface area contributed by atoms with Crippen molar-refractivity contribution in [2.24, 2.45) is 0 Å². The zero-order valence-corrected chi connectivity index (χ0v) is 29.8. The van der Waals surface area contributed by atoms with E-state index in [9.17, 15) is 48.7 Å². The molecule has 3 amide bonds. The molecule has 1 saturated heterocycles. The molecule has 1 aliphatic heterocycles. The molecule has 0 atom stereocenters. The highest BCUT2D eigenvalue weighted by Gasteiger charge is 2.70. The normalized spacial score (nSPS) is 14.5. The number of piperidine rings is 1. The number of urea groups is 1. The number of likely N-dealkylation sites (tertiary alicyclic amines) is 1. The summed E-state index contributed by atoms with van der Waals surface area (Å²) in [6.45, 7) is 3.59. The highest BCUT2D eigenvalue weighted by atomic mass is 32.2. The summed E-state index contributed by atoms with van der Waals surface area (Å²) in [7, 11) is -4.48. The van der Waals surface area contributed by atoms with Crippen LogP contribution >= 0.6 is 0 Å². The third kappa shape index (κ3) is 8.43. The zero-order valence-electron chi connectivity index (χ0n) is 29.0. The van der Waals surface area contributed by atoms with Gasteiger partial charge in [0.1, 0.15) is 17.7 Å². The van der Waals surface area contributed by atoms with Crippen molar-refractivity contribution in [3.05, 3.63) is 95.1 Å². The van der Waals surface area contributed by atoms with Crippen molar-refractivity contribution in [3.8, 4) is 11.6 Å². The van der Waals surface area contributed by atoms with Gasteiger partial charge in [-0.3, -0.25) is 10.1 Å². The Labute approximate surface area is 304 Å². The molecule has 5 rings (SSSR count). The topological polar surface area (TPSA) is 136 Å². The van der Waals surface area contributed by atoms with Gasteiger partial charge in [0.05, 0.1) is 35.1 Å². The molecule has 0 unspecified atom stereocenters. The monoisotopic (exact) mass is 786 g/mol. The van der Waals surface area contributed by atoms with E-state index in [1.54, 1.807) is 13.0 Å². The van der Waals surface area contributed by atoms with E-state index < -0.39 is 63.3 Å². The molecule has 4 aromatic rings. The van der Waals surface area contributed by atoms with E-state index in [0.717, 1.165) is 6.20 Å². The number of halogens is 7. The first-order chi connectivity index (χ1) is 25.1. The number of rotatable bonds is 9. The van der Waals surface area contributed by atoms with E-state index in [1.165, 1.54) is 60.4 Å². The number of pyridine rings is 1. The lowest BCUT2D eigenvalue weighted by Gasteiger charge is -2.32. The molecule has 20 heteroatoms. The van der Waals surface area contributed by atoms with Crippen LogP contribution in [-0.2, 0) is 19.8 Å². The summed E-state index contributed by atoms with van der Waals surface area (Å²) < 4.78 is 134. The van der Waals surface area contributed by atoms with E-state index in [0.29, 0.717) is 35.4 Å². The van der Waals surface area contributed by atoms with Gasteiger partial charge in [0.15, 0.2) is 0 Å². The maximum absolute atomic E-state index is 14.1. The molecular weight excluding hydrogens is 753 g/mol. The van der Waals surface area contributed by atoms with Crippen LogP contribution in [0.3, 0.4) is 0 Å². The molecule has 0 saturated carbocycles. The molecule has 2 aromatic carbocycles. The molecule has 1 N–H and O–H groups in total. The lowest BCUT2D eigenvalue weighted by molar-refractivity contribution is -0.298. The summed E-state index contributed by atoms with van der Waals surface area (Å²) in [5.74, 6) is -1.73. The first-order valence-electron chi connectivity index (χ1n) is 16.1. The van der Waals surface area contributed by atoms with Crippen molar-refractivity contribution in [2.45, 2.75) is 57.5 Å². The van der Waals surface area contributed by atoms with Gasteiger partial charge in [-0.05, 0) is 51.1 Å². The molecule has 1 fully saturated rings. The number of nitrogens with zero attached hydrogens (tertiary/aromatic N) is 5. The number of hydroxylamine groups is 1. The number of carbonyl (C=O) groups excluding carboxylic acids is 2. The largest absolute Gasteiger partial charge is 0.474 e. The van der Waals surface area contributed by atoms with Gasteiger partial charge >= 0.3 is 18.4 Å². The Morgan fingerprint density at radius 2 is 1.56 bits per heavy atom. The predicted molar refractivity (Wildman–Crippen MR) is 180 cm³/mol. The van der Waals surface area contributed by atoms with Gasteiger partial charge in [-0.1, -0.05) is 29.8 Å². The number of aryl methyl sites for hydroxylation is 2. The van der Waals surface area contributed by atoms with Gasteiger partial charge in [0.2, 0.25) is 11.3 Å². The number of hydrogen-bond acceptors (Lipinski definition) is 8. The van der Waals surface area contributed by atoms with Crippen LogP contribution in [0.1, 0.15) is 46.9 Å². The highest BCUT2D eigenvalue weighted by molar-refractivity contribution is 7.86. The summed E-state index contributed by atoms with van der Waals surface area (Å²) in [5.41, 5.74) is -5.43. The minimum atomic E-state index is -5.87. The molecule has 0 aliphatic carbocycles. The fourth-order valence-electron chi connectivity index (χ4n) is 5.46.